The van der Waals surface area contributed by atoms with Crippen LogP contribution in [0.25, 0.3) is 10.2 Å². The molecule has 0 aliphatic rings. The van der Waals surface area contributed by atoms with Gasteiger partial charge in [-0.05, 0) is 44.9 Å². The van der Waals surface area contributed by atoms with Gasteiger partial charge in [0, 0.05) is 18.8 Å². The number of sulfonamides is 1. The van der Waals surface area contributed by atoms with E-state index in [2.05, 4.69) is 33.2 Å². The molecule has 2 aromatic rings. The molecule has 0 saturated carbocycles. The van der Waals surface area contributed by atoms with Gasteiger partial charge in [-0.1, -0.05) is 6.42 Å². The van der Waals surface area contributed by atoms with E-state index in [0.717, 1.165) is 37.0 Å². The average Bonchev–Trinajstić information content (AvgIpc) is 2.93. The zero-order valence-corrected chi connectivity index (χ0v) is 14.6. The van der Waals surface area contributed by atoms with Crippen molar-refractivity contribution in [3.63, 3.8) is 0 Å². The van der Waals surface area contributed by atoms with Gasteiger partial charge in [0.1, 0.15) is 0 Å². The second-order valence-corrected chi connectivity index (χ2v) is 8.72. The van der Waals surface area contributed by atoms with Crippen LogP contribution in [0.3, 0.4) is 0 Å². The summed E-state index contributed by atoms with van der Waals surface area (Å²) in [6, 6.07) is 6.20. The van der Waals surface area contributed by atoms with Gasteiger partial charge in [0.25, 0.3) is 0 Å². The molecule has 0 atom stereocenters. The van der Waals surface area contributed by atoms with Crippen molar-refractivity contribution < 1.29 is 8.42 Å². The van der Waals surface area contributed by atoms with Gasteiger partial charge >= 0.3 is 0 Å². The van der Waals surface area contributed by atoms with E-state index in [1.165, 1.54) is 4.70 Å². The number of anilines is 1. The predicted octanol–water partition coefficient (Wildman–Crippen LogP) is 3.21. The summed E-state index contributed by atoms with van der Waals surface area (Å²) in [6.45, 7) is 4.77. The van der Waals surface area contributed by atoms with E-state index in [1.807, 2.05) is 5.51 Å². The predicted molar refractivity (Wildman–Crippen MR) is 94.0 cm³/mol. The van der Waals surface area contributed by atoms with Crippen molar-refractivity contribution in [3.05, 3.63) is 23.7 Å². The lowest BCUT2D eigenvalue weighted by molar-refractivity contribution is 0.566. The number of nitrogens with one attached hydrogen (secondary N) is 2. The lowest BCUT2D eigenvalue weighted by Crippen LogP contribution is -2.31. The standard InChI is InChI=1S/C15H23N3O2S2/c1-12(2)22(19,20)18-9-5-3-4-8-16-13-6-7-15-14(10-13)17-11-21-15/h6-7,10-12,16,18H,3-5,8-9H2,1-2H3. The average molecular weight is 342 g/mol. The number of benzene rings is 1. The molecule has 1 heterocycles. The van der Waals surface area contributed by atoms with Gasteiger partial charge in [-0.3, -0.25) is 0 Å². The zero-order valence-electron chi connectivity index (χ0n) is 13.0. The quantitative estimate of drug-likeness (QED) is 0.687. The summed E-state index contributed by atoms with van der Waals surface area (Å²) in [6.07, 6.45) is 2.86. The highest BCUT2D eigenvalue weighted by Gasteiger charge is 2.13. The maximum Gasteiger partial charge on any atom is 0.213 e. The molecule has 0 radical (unpaired) electrons. The molecule has 7 heteroatoms. The molecule has 0 amide bonds. The Balaban J connectivity index is 1.61. The van der Waals surface area contributed by atoms with E-state index in [-0.39, 0.29) is 5.25 Å². The summed E-state index contributed by atoms with van der Waals surface area (Å²) in [4.78, 5) is 4.30. The number of aromatic nitrogens is 1. The van der Waals surface area contributed by atoms with E-state index < -0.39 is 10.0 Å². The van der Waals surface area contributed by atoms with Crippen molar-refractivity contribution in [1.82, 2.24) is 9.71 Å². The Morgan fingerprint density at radius 2 is 1.95 bits per heavy atom. The molecule has 0 unspecified atom stereocenters. The number of nitrogens with zero attached hydrogens (tertiary/aromatic N) is 1. The lowest BCUT2D eigenvalue weighted by Gasteiger charge is -2.09. The van der Waals surface area contributed by atoms with Crippen LogP contribution in [0.2, 0.25) is 0 Å². The van der Waals surface area contributed by atoms with Gasteiger partial charge in [-0.25, -0.2) is 18.1 Å². The van der Waals surface area contributed by atoms with E-state index >= 15 is 0 Å². The molecule has 5 nitrogen and oxygen atoms in total. The SMILES string of the molecule is CC(C)S(=O)(=O)NCCCCCNc1ccc2scnc2c1. The summed E-state index contributed by atoms with van der Waals surface area (Å²) in [7, 11) is -3.12. The van der Waals surface area contributed by atoms with Crippen molar-refractivity contribution >= 4 is 37.3 Å². The summed E-state index contributed by atoms with van der Waals surface area (Å²) in [5.41, 5.74) is 3.96. The molecule has 1 aromatic carbocycles. The highest BCUT2D eigenvalue weighted by molar-refractivity contribution is 7.90. The maximum atomic E-state index is 11.6. The van der Waals surface area contributed by atoms with Gasteiger partial charge in [0.2, 0.25) is 10.0 Å². The van der Waals surface area contributed by atoms with Gasteiger partial charge in [-0.2, -0.15) is 0 Å². The number of rotatable bonds is 9. The molecule has 122 valence electrons. The van der Waals surface area contributed by atoms with Crippen molar-refractivity contribution in [1.29, 1.82) is 0 Å². The number of hydrogen-bond acceptors (Lipinski definition) is 5. The van der Waals surface area contributed by atoms with Crippen molar-refractivity contribution in [3.8, 4) is 0 Å². The Kier molecular flexibility index (Phi) is 6.16. The third kappa shape index (κ3) is 4.93. The third-order valence-electron chi connectivity index (χ3n) is 3.44. The molecule has 0 aliphatic carbocycles. The largest absolute Gasteiger partial charge is 0.385 e. The molecule has 0 saturated heterocycles. The summed E-state index contributed by atoms with van der Waals surface area (Å²) < 4.78 is 26.9. The van der Waals surface area contributed by atoms with Crippen LogP contribution in [0.15, 0.2) is 23.7 Å². The molecule has 22 heavy (non-hydrogen) atoms. The smallest absolute Gasteiger partial charge is 0.213 e. The number of fused-ring (bicyclic) bond motifs is 1. The Morgan fingerprint density at radius 1 is 1.18 bits per heavy atom. The normalized spacial score (nSPS) is 12.1. The van der Waals surface area contributed by atoms with Gasteiger partial charge in [0.05, 0.1) is 21.0 Å². The first kappa shape index (κ1) is 17.2. The van der Waals surface area contributed by atoms with Crippen molar-refractivity contribution in [2.24, 2.45) is 0 Å². The second kappa shape index (κ2) is 7.89. The van der Waals surface area contributed by atoms with Crippen LogP contribution in [-0.2, 0) is 10.0 Å². The number of hydrogen-bond donors (Lipinski definition) is 2. The van der Waals surface area contributed by atoms with Crippen LogP contribution in [0.4, 0.5) is 5.69 Å². The monoisotopic (exact) mass is 341 g/mol. The Bertz CT molecular complexity index is 696. The van der Waals surface area contributed by atoms with Gasteiger partial charge < -0.3 is 5.32 Å². The Hall–Kier alpha value is -1.18. The Labute approximate surface area is 136 Å². The van der Waals surface area contributed by atoms with Crippen LogP contribution in [0, 0.1) is 0 Å². The first-order valence-electron chi connectivity index (χ1n) is 7.54. The molecule has 1 aromatic heterocycles. The highest BCUT2D eigenvalue weighted by atomic mass is 32.2. The molecular formula is C15H23N3O2S2. The molecule has 0 fully saturated rings. The minimum atomic E-state index is -3.12. The van der Waals surface area contributed by atoms with E-state index in [0.29, 0.717) is 6.54 Å². The lowest BCUT2D eigenvalue weighted by atomic mass is 10.2. The Morgan fingerprint density at radius 3 is 2.73 bits per heavy atom. The molecule has 2 rings (SSSR count). The summed E-state index contributed by atoms with van der Waals surface area (Å²) in [5.74, 6) is 0. The first-order chi connectivity index (χ1) is 10.5. The summed E-state index contributed by atoms with van der Waals surface area (Å²) in [5, 5.41) is 3.01. The fourth-order valence-corrected chi connectivity index (χ4v) is 3.43. The fraction of sp³-hybridized carbons (Fsp3) is 0.533. The van der Waals surface area contributed by atoms with Crippen molar-refractivity contribution in [2.75, 3.05) is 18.4 Å². The van der Waals surface area contributed by atoms with Crippen LogP contribution >= 0.6 is 11.3 Å². The summed E-state index contributed by atoms with van der Waals surface area (Å²) >= 11 is 1.64. The second-order valence-electron chi connectivity index (χ2n) is 5.51. The van der Waals surface area contributed by atoms with E-state index in [1.54, 1.807) is 25.2 Å². The number of unbranched alkanes of at least 4 members (excludes halogenated alkanes) is 2. The molecule has 0 bridgehead atoms. The first-order valence-corrected chi connectivity index (χ1v) is 9.97. The van der Waals surface area contributed by atoms with Gasteiger partial charge in [0.15, 0.2) is 0 Å². The minimum Gasteiger partial charge on any atom is -0.385 e. The molecular weight excluding hydrogens is 318 g/mol. The highest BCUT2D eigenvalue weighted by Crippen LogP contribution is 2.21. The van der Waals surface area contributed by atoms with Crippen LogP contribution in [-0.4, -0.2) is 31.7 Å². The van der Waals surface area contributed by atoms with Crippen LogP contribution in [0.5, 0.6) is 0 Å². The maximum absolute atomic E-state index is 11.6. The van der Waals surface area contributed by atoms with Gasteiger partial charge in [-0.15, -0.1) is 11.3 Å². The molecule has 0 spiro atoms. The fourth-order valence-electron chi connectivity index (χ4n) is 2.01. The van der Waals surface area contributed by atoms with Crippen molar-refractivity contribution in [2.45, 2.75) is 38.4 Å². The molecule has 0 aliphatic heterocycles. The topological polar surface area (TPSA) is 71.1 Å². The van der Waals surface area contributed by atoms with E-state index in [9.17, 15) is 8.42 Å². The van der Waals surface area contributed by atoms with Crippen LogP contribution in [0.1, 0.15) is 33.1 Å². The van der Waals surface area contributed by atoms with E-state index in [4.69, 9.17) is 0 Å². The third-order valence-corrected chi connectivity index (χ3v) is 6.09. The molecule has 2 N–H and O–H groups in total. The number of thiazole rings is 1. The minimum absolute atomic E-state index is 0.366. The zero-order chi connectivity index (χ0) is 16.0. The van der Waals surface area contributed by atoms with Crippen LogP contribution < -0.4 is 10.0 Å².